The van der Waals surface area contributed by atoms with Crippen LogP contribution in [0.4, 0.5) is 0 Å². The molecule has 5 nitrogen and oxygen atoms in total. The van der Waals surface area contributed by atoms with Gasteiger partial charge in [-0.25, -0.2) is 0 Å². The Hall–Kier alpha value is -1.88. The van der Waals surface area contributed by atoms with Crippen LogP contribution < -0.4 is 0 Å². The van der Waals surface area contributed by atoms with Gasteiger partial charge in [0, 0.05) is 24.7 Å². The van der Waals surface area contributed by atoms with E-state index in [2.05, 4.69) is 6.92 Å². The van der Waals surface area contributed by atoms with Crippen LogP contribution >= 0.6 is 0 Å². The number of hydrogen-bond acceptors (Lipinski definition) is 5. The number of ether oxygens (including phenoxy) is 1. The fourth-order valence-corrected chi connectivity index (χ4v) is 5.72. The summed E-state index contributed by atoms with van der Waals surface area (Å²) < 4.78 is 5.46. The molecule has 2 saturated carbocycles. The first-order valence-electron chi connectivity index (χ1n) is 9.01. The summed E-state index contributed by atoms with van der Waals surface area (Å²) in [5, 5.41) is 20.2. The average Bonchev–Trinajstić information content (AvgIpc) is 2.78. The Bertz CT molecular complexity index is 742. The Morgan fingerprint density at radius 1 is 1.36 bits per heavy atom. The number of aliphatic hydroxyl groups excluding tert-OH is 1. The molecule has 25 heavy (non-hydrogen) atoms. The highest BCUT2D eigenvalue weighted by atomic mass is 16.6. The highest BCUT2D eigenvalue weighted by Crippen LogP contribution is 2.60. The van der Waals surface area contributed by atoms with E-state index in [4.69, 9.17) is 4.74 Å². The smallest absolute Gasteiger partial charge is 0.303 e. The molecule has 3 unspecified atom stereocenters. The number of carbonyl (C=O) groups excluding carboxylic acids is 2. The molecule has 4 rings (SSSR count). The molecule has 3 aliphatic carbocycles. The Labute approximate surface area is 147 Å². The summed E-state index contributed by atoms with van der Waals surface area (Å²) in [5.74, 6) is -0.0281. The van der Waals surface area contributed by atoms with Gasteiger partial charge >= 0.3 is 5.97 Å². The van der Waals surface area contributed by atoms with Gasteiger partial charge < -0.3 is 14.9 Å². The van der Waals surface area contributed by atoms with Crippen molar-refractivity contribution >= 4 is 11.8 Å². The minimum Gasteiger partial charge on any atom is -0.508 e. The third kappa shape index (κ3) is 2.40. The predicted molar refractivity (Wildman–Crippen MR) is 90.1 cm³/mol. The first-order valence-corrected chi connectivity index (χ1v) is 9.01. The summed E-state index contributed by atoms with van der Waals surface area (Å²) in [6.45, 7) is 3.42. The third-order valence-electron chi connectivity index (χ3n) is 6.76. The molecule has 0 heterocycles. The summed E-state index contributed by atoms with van der Waals surface area (Å²) >= 11 is 0. The van der Waals surface area contributed by atoms with Crippen molar-refractivity contribution in [3.63, 3.8) is 0 Å². The molecule has 0 aliphatic heterocycles. The van der Waals surface area contributed by atoms with Crippen LogP contribution in [0.2, 0.25) is 0 Å². The highest BCUT2D eigenvalue weighted by Gasteiger charge is 2.61. The summed E-state index contributed by atoms with van der Waals surface area (Å²) in [7, 11) is 0. The normalized spacial score (nSPS) is 39.3. The minimum atomic E-state index is -0.716. The number of phenols is 1. The molecule has 0 amide bonds. The number of rotatable bonds is 1. The standard InChI is InChI=1S/C20H24O5/c1-10(21)25-19-17(24)9-15-18-14(5-6-20(15,19)2)13-4-3-12(22)7-11(13)8-16(18)23/h3-4,7,14-15,17-19,22,24H,5-6,8-9H2,1-2H3/t14?,15?,17-,18?,19+,20+/m1/s1. The first kappa shape index (κ1) is 16.6. The van der Waals surface area contributed by atoms with Gasteiger partial charge in [-0.05, 0) is 54.4 Å². The number of carbonyl (C=O) groups is 2. The zero-order valence-corrected chi connectivity index (χ0v) is 14.6. The molecular weight excluding hydrogens is 320 g/mol. The molecule has 0 aromatic heterocycles. The van der Waals surface area contributed by atoms with Gasteiger partial charge in [0.15, 0.2) is 0 Å². The summed E-state index contributed by atoms with van der Waals surface area (Å²) in [6, 6.07) is 5.32. The summed E-state index contributed by atoms with van der Waals surface area (Å²) in [4.78, 5) is 24.4. The second-order valence-corrected chi connectivity index (χ2v) is 8.14. The Kier molecular flexibility index (Phi) is 3.69. The molecule has 6 atom stereocenters. The van der Waals surface area contributed by atoms with Crippen molar-refractivity contribution in [3.05, 3.63) is 29.3 Å². The predicted octanol–water partition coefficient (Wildman–Crippen LogP) is 2.33. The van der Waals surface area contributed by atoms with E-state index < -0.39 is 12.2 Å². The van der Waals surface area contributed by atoms with Crippen molar-refractivity contribution < 1.29 is 24.5 Å². The molecule has 134 valence electrons. The molecule has 0 saturated heterocycles. The molecule has 3 aliphatic rings. The molecule has 0 spiro atoms. The van der Waals surface area contributed by atoms with Crippen LogP contribution in [0.15, 0.2) is 18.2 Å². The Morgan fingerprint density at radius 3 is 2.84 bits per heavy atom. The van der Waals surface area contributed by atoms with Gasteiger partial charge in [-0.1, -0.05) is 13.0 Å². The maximum absolute atomic E-state index is 13.0. The van der Waals surface area contributed by atoms with Gasteiger partial charge in [0.25, 0.3) is 0 Å². The number of fused-ring (bicyclic) bond motifs is 5. The second kappa shape index (κ2) is 5.56. The van der Waals surface area contributed by atoms with E-state index in [-0.39, 0.29) is 40.7 Å². The molecule has 0 bridgehead atoms. The van der Waals surface area contributed by atoms with Crippen molar-refractivity contribution in [3.8, 4) is 5.75 Å². The van der Waals surface area contributed by atoms with E-state index in [0.29, 0.717) is 12.8 Å². The van der Waals surface area contributed by atoms with Gasteiger partial charge in [-0.15, -0.1) is 0 Å². The van der Waals surface area contributed by atoms with Gasteiger partial charge in [0.05, 0.1) is 6.10 Å². The van der Waals surface area contributed by atoms with Crippen molar-refractivity contribution in [2.45, 2.75) is 57.7 Å². The second-order valence-electron chi connectivity index (χ2n) is 8.14. The van der Waals surface area contributed by atoms with Crippen LogP contribution in [-0.2, 0) is 20.7 Å². The monoisotopic (exact) mass is 344 g/mol. The maximum Gasteiger partial charge on any atom is 0.303 e. The highest BCUT2D eigenvalue weighted by molar-refractivity contribution is 5.87. The van der Waals surface area contributed by atoms with E-state index in [1.54, 1.807) is 12.1 Å². The number of phenolic OH excluding ortho intramolecular Hbond substituents is 1. The lowest BCUT2D eigenvalue weighted by atomic mass is 9.55. The molecular formula is C20H24O5. The molecule has 1 aromatic carbocycles. The van der Waals surface area contributed by atoms with Crippen molar-refractivity contribution in [2.75, 3.05) is 0 Å². The largest absolute Gasteiger partial charge is 0.508 e. The SMILES string of the molecule is CC(=O)O[C@H]1[C@H](O)CC2C3C(=O)Cc4cc(O)ccc4C3CC[C@@]21C. The zero-order valence-electron chi connectivity index (χ0n) is 14.6. The van der Waals surface area contributed by atoms with Gasteiger partial charge in [0.2, 0.25) is 0 Å². The van der Waals surface area contributed by atoms with Gasteiger partial charge in [-0.3, -0.25) is 9.59 Å². The van der Waals surface area contributed by atoms with E-state index >= 15 is 0 Å². The Morgan fingerprint density at radius 2 is 2.12 bits per heavy atom. The zero-order chi connectivity index (χ0) is 17.9. The number of ketones is 1. The fourth-order valence-electron chi connectivity index (χ4n) is 5.72. The van der Waals surface area contributed by atoms with Crippen molar-refractivity contribution in [2.24, 2.45) is 17.3 Å². The number of Topliss-reactive ketones (excluding diaryl/α,β-unsaturated/α-hetero) is 1. The molecule has 2 N–H and O–H groups in total. The van der Waals surface area contributed by atoms with Crippen LogP contribution in [0, 0.1) is 17.3 Å². The quantitative estimate of drug-likeness (QED) is 0.764. The van der Waals surface area contributed by atoms with E-state index in [9.17, 15) is 19.8 Å². The average molecular weight is 344 g/mol. The topological polar surface area (TPSA) is 83.8 Å². The summed E-state index contributed by atoms with van der Waals surface area (Å²) in [6.07, 6.45) is 1.20. The van der Waals surface area contributed by atoms with Crippen molar-refractivity contribution in [1.82, 2.24) is 0 Å². The van der Waals surface area contributed by atoms with E-state index in [1.165, 1.54) is 6.92 Å². The van der Waals surface area contributed by atoms with Gasteiger partial charge in [0.1, 0.15) is 17.6 Å². The molecule has 2 fully saturated rings. The molecule has 5 heteroatoms. The third-order valence-corrected chi connectivity index (χ3v) is 6.76. The van der Waals surface area contributed by atoms with Crippen molar-refractivity contribution in [1.29, 1.82) is 0 Å². The van der Waals surface area contributed by atoms with Gasteiger partial charge in [-0.2, -0.15) is 0 Å². The van der Waals surface area contributed by atoms with E-state index in [1.807, 2.05) is 6.07 Å². The van der Waals surface area contributed by atoms with Crippen LogP contribution in [0.1, 0.15) is 50.2 Å². The minimum absolute atomic E-state index is 0.0139. The molecule has 1 aromatic rings. The first-order chi connectivity index (χ1) is 11.8. The Balaban J connectivity index is 1.72. The fraction of sp³-hybridized carbons (Fsp3) is 0.600. The number of aliphatic hydroxyl groups is 1. The number of aromatic hydroxyl groups is 1. The van der Waals surface area contributed by atoms with Crippen LogP contribution in [-0.4, -0.2) is 34.2 Å². The van der Waals surface area contributed by atoms with Crippen LogP contribution in [0.5, 0.6) is 5.75 Å². The number of esters is 1. The lowest BCUT2D eigenvalue weighted by molar-refractivity contribution is -0.161. The molecule has 0 radical (unpaired) electrons. The number of hydrogen-bond donors (Lipinski definition) is 2. The lowest BCUT2D eigenvalue weighted by Gasteiger charge is -2.49. The lowest BCUT2D eigenvalue weighted by Crippen LogP contribution is -2.49. The van der Waals surface area contributed by atoms with Crippen LogP contribution in [0.25, 0.3) is 0 Å². The van der Waals surface area contributed by atoms with E-state index in [0.717, 1.165) is 24.0 Å². The van der Waals surface area contributed by atoms with Crippen LogP contribution in [0.3, 0.4) is 0 Å². The summed E-state index contributed by atoms with van der Waals surface area (Å²) in [5.41, 5.74) is 1.70. The number of benzene rings is 1. The maximum atomic E-state index is 13.0.